The molecule has 1 aromatic carbocycles. The van der Waals surface area contributed by atoms with Crippen molar-refractivity contribution < 1.29 is 0 Å². The summed E-state index contributed by atoms with van der Waals surface area (Å²) < 4.78 is 0. The fraction of sp³-hybridized carbons (Fsp3) is 0.625. The molecule has 0 saturated heterocycles. The number of hydrogen-bond acceptors (Lipinski definition) is 1. The molecule has 1 heteroatoms. The average molecular weight is 229 g/mol. The molecule has 0 amide bonds. The van der Waals surface area contributed by atoms with Crippen LogP contribution in [0.25, 0.3) is 0 Å². The van der Waals surface area contributed by atoms with Crippen molar-refractivity contribution in [3.05, 3.63) is 34.9 Å². The average Bonchev–Trinajstić information content (AvgIpc) is 2.79. The lowest BCUT2D eigenvalue weighted by molar-refractivity contribution is 0.306. The van der Waals surface area contributed by atoms with Gasteiger partial charge in [-0.2, -0.15) is 0 Å². The molecule has 0 radical (unpaired) electrons. The van der Waals surface area contributed by atoms with Crippen molar-refractivity contribution >= 4 is 0 Å². The second-order valence-corrected chi connectivity index (χ2v) is 5.87. The van der Waals surface area contributed by atoms with Gasteiger partial charge in [-0.25, -0.2) is 0 Å². The Morgan fingerprint density at radius 2 is 1.82 bits per heavy atom. The molecule has 3 rings (SSSR count). The van der Waals surface area contributed by atoms with Gasteiger partial charge >= 0.3 is 0 Å². The van der Waals surface area contributed by atoms with Gasteiger partial charge in [0.2, 0.25) is 0 Å². The quantitative estimate of drug-likeness (QED) is 0.828. The second-order valence-electron chi connectivity index (χ2n) is 5.87. The first-order valence-electron chi connectivity index (χ1n) is 7.19. The van der Waals surface area contributed by atoms with E-state index in [0.29, 0.717) is 6.04 Å². The Labute approximate surface area is 104 Å². The Hall–Kier alpha value is -0.820. The van der Waals surface area contributed by atoms with Crippen LogP contribution in [0.4, 0.5) is 0 Å². The van der Waals surface area contributed by atoms with Crippen molar-refractivity contribution in [1.82, 2.24) is 0 Å². The molecule has 0 aromatic heterocycles. The third kappa shape index (κ3) is 2.40. The van der Waals surface area contributed by atoms with Gasteiger partial charge in [0.25, 0.3) is 0 Å². The third-order valence-corrected chi connectivity index (χ3v) is 4.63. The number of fused-ring (bicyclic) bond motifs is 1. The Balaban J connectivity index is 1.72. The summed E-state index contributed by atoms with van der Waals surface area (Å²) in [5.74, 6) is 0.725. The number of rotatable bonds is 2. The number of hydrogen-bond donors (Lipinski definition) is 1. The van der Waals surface area contributed by atoms with Crippen LogP contribution in [0.1, 0.15) is 48.8 Å². The van der Waals surface area contributed by atoms with Crippen molar-refractivity contribution in [3.63, 3.8) is 0 Å². The van der Waals surface area contributed by atoms with Gasteiger partial charge in [-0.3, -0.25) is 0 Å². The van der Waals surface area contributed by atoms with Crippen LogP contribution in [0, 0.1) is 5.92 Å². The molecule has 2 unspecified atom stereocenters. The maximum Gasteiger partial charge on any atom is 0.00703 e. The highest BCUT2D eigenvalue weighted by molar-refractivity contribution is 5.35. The van der Waals surface area contributed by atoms with Crippen molar-refractivity contribution in [2.24, 2.45) is 11.7 Å². The van der Waals surface area contributed by atoms with Gasteiger partial charge in [0.05, 0.1) is 0 Å². The summed E-state index contributed by atoms with van der Waals surface area (Å²) in [6.45, 7) is 0. The molecule has 1 fully saturated rings. The van der Waals surface area contributed by atoms with Crippen LogP contribution >= 0.6 is 0 Å². The SMILES string of the molecule is NC1CCCCC1Cc1ccc2c(c1)CCC2. The standard InChI is InChI=1S/C16H23N/c17-16-7-2-1-4-15(16)11-12-8-9-13-5-3-6-14(13)10-12/h8-10,15-16H,1-7,11,17H2. The van der Waals surface area contributed by atoms with Crippen LogP contribution in [-0.4, -0.2) is 6.04 Å². The summed E-state index contributed by atoms with van der Waals surface area (Å²) in [5.41, 5.74) is 10.9. The highest BCUT2D eigenvalue weighted by Gasteiger charge is 2.22. The molecule has 0 bridgehead atoms. The predicted octanol–water partition coefficient (Wildman–Crippen LogP) is 3.24. The third-order valence-electron chi connectivity index (χ3n) is 4.63. The van der Waals surface area contributed by atoms with Crippen molar-refractivity contribution in [2.45, 2.75) is 57.4 Å². The van der Waals surface area contributed by atoms with Gasteiger partial charge in [-0.15, -0.1) is 0 Å². The van der Waals surface area contributed by atoms with Gasteiger partial charge in [-0.1, -0.05) is 31.0 Å². The highest BCUT2D eigenvalue weighted by Crippen LogP contribution is 2.28. The van der Waals surface area contributed by atoms with E-state index in [9.17, 15) is 0 Å². The van der Waals surface area contributed by atoms with Crippen molar-refractivity contribution in [2.75, 3.05) is 0 Å². The van der Waals surface area contributed by atoms with E-state index < -0.39 is 0 Å². The summed E-state index contributed by atoms with van der Waals surface area (Å²) >= 11 is 0. The summed E-state index contributed by atoms with van der Waals surface area (Å²) in [6, 6.07) is 7.58. The van der Waals surface area contributed by atoms with Gasteiger partial charge < -0.3 is 5.73 Å². The first kappa shape index (κ1) is 11.3. The molecule has 17 heavy (non-hydrogen) atoms. The highest BCUT2D eigenvalue weighted by atomic mass is 14.7. The van der Waals surface area contributed by atoms with Crippen LogP contribution in [0.3, 0.4) is 0 Å². The minimum atomic E-state index is 0.442. The Bertz CT molecular complexity index is 397. The van der Waals surface area contributed by atoms with Crippen LogP contribution < -0.4 is 5.73 Å². The zero-order valence-electron chi connectivity index (χ0n) is 10.6. The largest absolute Gasteiger partial charge is 0.327 e. The molecular weight excluding hydrogens is 206 g/mol. The second kappa shape index (κ2) is 4.81. The van der Waals surface area contributed by atoms with Crippen LogP contribution in [0.5, 0.6) is 0 Å². The number of benzene rings is 1. The summed E-state index contributed by atoms with van der Waals surface area (Å²) in [5, 5.41) is 0. The molecule has 2 atom stereocenters. The normalized spacial score (nSPS) is 28.1. The van der Waals surface area contributed by atoms with E-state index in [1.165, 1.54) is 56.9 Å². The summed E-state index contributed by atoms with van der Waals surface area (Å²) in [7, 11) is 0. The summed E-state index contributed by atoms with van der Waals surface area (Å²) in [4.78, 5) is 0. The first-order valence-corrected chi connectivity index (χ1v) is 7.19. The van der Waals surface area contributed by atoms with Crippen LogP contribution in [-0.2, 0) is 19.3 Å². The van der Waals surface area contributed by atoms with Crippen molar-refractivity contribution in [1.29, 1.82) is 0 Å². The van der Waals surface area contributed by atoms with Gasteiger partial charge in [-0.05, 0) is 61.1 Å². The Kier molecular flexibility index (Phi) is 3.19. The van der Waals surface area contributed by atoms with E-state index in [1.54, 1.807) is 11.1 Å². The van der Waals surface area contributed by atoms with E-state index in [2.05, 4.69) is 18.2 Å². The van der Waals surface area contributed by atoms with Crippen LogP contribution in [0.15, 0.2) is 18.2 Å². The monoisotopic (exact) mass is 229 g/mol. The number of nitrogens with two attached hydrogens (primary N) is 1. The van der Waals surface area contributed by atoms with E-state index >= 15 is 0 Å². The number of aryl methyl sites for hydroxylation is 2. The van der Waals surface area contributed by atoms with Gasteiger partial charge in [0.15, 0.2) is 0 Å². The molecule has 2 aliphatic rings. The molecule has 1 saturated carbocycles. The van der Waals surface area contributed by atoms with Gasteiger partial charge in [0, 0.05) is 6.04 Å². The van der Waals surface area contributed by atoms with E-state index in [4.69, 9.17) is 5.73 Å². The molecule has 2 aliphatic carbocycles. The van der Waals surface area contributed by atoms with E-state index in [1.807, 2.05) is 0 Å². The van der Waals surface area contributed by atoms with E-state index in [-0.39, 0.29) is 0 Å². The zero-order chi connectivity index (χ0) is 11.7. The Morgan fingerprint density at radius 3 is 2.71 bits per heavy atom. The maximum atomic E-state index is 6.24. The minimum Gasteiger partial charge on any atom is -0.327 e. The lowest BCUT2D eigenvalue weighted by atomic mass is 9.81. The summed E-state index contributed by atoms with van der Waals surface area (Å²) in [6.07, 6.45) is 10.4. The maximum absolute atomic E-state index is 6.24. The zero-order valence-corrected chi connectivity index (χ0v) is 10.6. The molecule has 0 heterocycles. The fourth-order valence-electron chi connectivity index (χ4n) is 3.54. The van der Waals surface area contributed by atoms with Crippen LogP contribution in [0.2, 0.25) is 0 Å². The Morgan fingerprint density at radius 1 is 1.00 bits per heavy atom. The lowest BCUT2D eigenvalue weighted by Gasteiger charge is -2.28. The molecule has 2 N–H and O–H groups in total. The lowest BCUT2D eigenvalue weighted by Crippen LogP contribution is -2.34. The van der Waals surface area contributed by atoms with Crippen molar-refractivity contribution in [3.8, 4) is 0 Å². The molecule has 1 nitrogen and oxygen atoms in total. The molecule has 0 aliphatic heterocycles. The molecule has 1 aromatic rings. The molecular formula is C16H23N. The molecule has 0 spiro atoms. The van der Waals surface area contributed by atoms with E-state index in [0.717, 1.165) is 5.92 Å². The smallest absolute Gasteiger partial charge is 0.00703 e. The topological polar surface area (TPSA) is 26.0 Å². The first-order chi connectivity index (χ1) is 8.33. The van der Waals surface area contributed by atoms with Gasteiger partial charge in [0.1, 0.15) is 0 Å². The minimum absolute atomic E-state index is 0.442. The predicted molar refractivity (Wildman–Crippen MR) is 72.1 cm³/mol. The molecule has 92 valence electrons. The fourth-order valence-corrected chi connectivity index (χ4v) is 3.54.